The summed E-state index contributed by atoms with van der Waals surface area (Å²) in [7, 11) is 1.91. The Bertz CT molecular complexity index is 751. The second-order valence-electron chi connectivity index (χ2n) is 7.35. The summed E-state index contributed by atoms with van der Waals surface area (Å²) in [6.07, 6.45) is 5.38. The molecular formula is C20H25N3OS. The lowest BCUT2D eigenvalue weighted by atomic mass is 9.98. The molecule has 0 saturated heterocycles. The highest BCUT2D eigenvalue weighted by molar-refractivity contribution is 7.99. The molecule has 0 aliphatic heterocycles. The maximum atomic E-state index is 12.9. The highest BCUT2D eigenvalue weighted by Gasteiger charge is 2.41. The molecule has 1 amide bonds. The maximum absolute atomic E-state index is 12.9. The van der Waals surface area contributed by atoms with Gasteiger partial charge in [-0.25, -0.2) is 0 Å². The van der Waals surface area contributed by atoms with Crippen LogP contribution in [0.15, 0.2) is 40.3 Å². The molecular weight excluding hydrogens is 330 g/mol. The molecule has 132 valence electrons. The van der Waals surface area contributed by atoms with Crippen LogP contribution in [0.3, 0.4) is 0 Å². The molecule has 1 N–H and O–H groups in total. The number of carbonyl (C=O) groups excluding carboxylic acids is 1. The highest BCUT2D eigenvalue weighted by Crippen LogP contribution is 2.48. The number of aryl methyl sites for hydroxylation is 2. The third-order valence-corrected chi connectivity index (χ3v) is 6.48. The van der Waals surface area contributed by atoms with E-state index in [0.717, 1.165) is 39.6 Å². The second kappa shape index (κ2) is 6.87. The normalized spacial score (nSPS) is 17.1. The van der Waals surface area contributed by atoms with Gasteiger partial charge in [-0.3, -0.25) is 9.48 Å². The van der Waals surface area contributed by atoms with Crippen molar-refractivity contribution in [2.45, 2.75) is 42.5 Å². The van der Waals surface area contributed by atoms with Gasteiger partial charge in [-0.2, -0.15) is 5.10 Å². The van der Waals surface area contributed by atoms with E-state index in [4.69, 9.17) is 0 Å². The van der Waals surface area contributed by atoms with Gasteiger partial charge in [-0.1, -0.05) is 30.0 Å². The number of hydrogen-bond donors (Lipinski definition) is 1. The monoisotopic (exact) mass is 355 g/mol. The molecule has 4 nitrogen and oxygen atoms in total. The van der Waals surface area contributed by atoms with Crippen molar-refractivity contribution in [3.8, 4) is 0 Å². The molecule has 1 aromatic carbocycles. The molecule has 1 aromatic heterocycles. The van der Waals surface area contributed by atoms with Gasteiger partial charge >= 0.3 is 0 Å². The molecule has 2 saturated carbocycles. The van der Waals surface area contributed by atoms with Gasteiger partial charge in [0, 0.05) is 18.5 Å². The zero-order chi connectivity index (χ0) is 17.4. The van der Waals surface area contributed by atoms with Gasteiger partial charge < -0.3 is 5.32 Å². The largest absolute Gasteiger partial charge is 0.352 e. The van der Waals surface area contributed by atoms with Crippen molar-refractivity contribution in [1.82, 2.24) is 15.1 Å². The first-order valence-electron chi connectivity index (χ1n) is 9.18. The number of nitrogens with zero attached hydrogens (tertiary/aromatic N) is 2. The molecule has 2 aliphatic rings. The van der Waals surface area contributed by atoms with E-state index < -0.39 is 0 Å². The molecule has 4 rings (SSSR count). The Labute approximate surface area is 153 Å². The quantitative estimate of drug-likeness (QED) is 0.815. The van der Waals surface area contributed by atoms with Crippen molar-refractivity contribution in [2.75, 3.05) is 6.54 Å². The summed E-state index contributed by atoms with van der Waals surface area (Å²) in [5.41, 5.74) is 1.52. The van der Waals surface area contributed by atoms with Crippen LogP contribution in [-0.4, -0.2) is 22.2 Å². The summed E-state index contributed by atoms with van der Waals surface area (Å²) in [5, 5.41) is 8.61. The number of carbonyl (C=O) groups is 1. The predicted octanol–water partition coefficient (Wildman–Crippen LogP) is 4.05. The molecule has 0 radical (unpaired) electrons. The summed E-state index contributed by atoms with van der Waals surface area (Å²) >= 11 is 1.60. The summed E-state index contributed by atoms with van der Waals surface area (Å²) < 4.78 is 1.82. The Hall–Kier alpha value is -1.75. The van der Waals surface area contributed by atoms with Crippen LogP contribution in [-0.2, 0) is 7.05 Å². The lowest BCUT2D eigenvalue weighted by Gasteiger charge is -2.16. The van der Waals surface area contributed by atoms with Crippen LogP contribution < -0.4 is 5.32 Å². The van der Waals surface area contributed by atoms with E-state index in [9.17, 15) is 4.79 Å². The minimum atomic E-state index is 0.0235. The number of aromatic nitrogens is 2. The average Bonchev–Trinajstić information content (AvgIpc) is 3.50. The van der Waals surface area contributed by atoms with Gasteiger partial charge in [0.1, 0.15) is 5.03 Å². The fraction of sp³-hybridized carbons (Fsp3) is 0.500. The Morgan fingerprint density at radius 3 is 2.48 bits per heavy atom. The molecule has 2 aliphatic carbocycles. The first-order valence-corrected chi connectivity index (χ1v) is 10.00. The minimum Gasteiger partial charge on any atom is -0.352 e. The zero-order valence-corrected chi connectivity index (χ0v) is 15.7. The van der Waals surface area contributed by atoms with Crippen LogP contribution in [0.5, 0.6) is 0 Å². The van der Waals surface area contributed by atoms with Crippen LogP contribution in [0.2, 0.25) is 0 Å². The van der Waals surface area contributed by atoms with Crippen LogP contribution in [0.25, 0.3) is 0 Å². The van der Waals surface area contributed by atoms with Crippen molar-refractivity contribution in [3.63, 3.8) is 0 Å². The molecule has 0 spiro atoms. The lowest BCUT2D eigenvalue weighted by molar-refractivity contribution is 0.0939. The Morgan fingerprint density at radius 1 is 1.24 bits per heavy atom. The summed E-state index contributed by atoms with van der Waals surface area (Å²) in [4.78, 5) is 14.0. The van der Waals surface area contributed by atoms with Crippen molar-refractivity contribution < 1.29 is 4.79 Å². The van der Waals surface area contributed by atoms with Gasteiger partial charge in [-0.05, 0) is 62.5 Å². The summed E-state index contributed by atoms with van der Waals surface area (Å²) in [6.45, 7) is 2.74. The zero-order valence-electron chi connectivity index (χ0n) is 14.9. The fourth-order valence-electron chi connectivity index (χ4n) is 3.68. The fourth-order valence-corrected chi connectivity index (χ4v) is 4.71. The molecule has 5 heteroatoms. The predicted molar refractivity (Wildman–Crippen MR) is 99.8 cm³/mol. The van der Waals surface area contributed by atoms with Gasteiger partial charge in [0.25, 0.3) is 5.91 Å². The summed E-state index contributed by atoms with van der Waals surface area (Å²) in [5.74, 6) is 2.41. The van der Waals surface area contributed by atoms with E-state index in [-0.39, 0.29) is 5.91 Å². The number of rotatable bonds is 7. The molecule has 2 aromatic rings. The molecule has 25 heavy (non-hydrogen) atoms. The number of benzene rings is 1. The third-order valence-electron chi connectivity index (χ3n) is 5.31. The Kier molecular flexibility index (Phi) is 4.59. The van der Waals surface area contributed by atoms with E-state index in [2.05, 4.69) is 22.5 Å². The number of nitrogens with one attached hydrogen (secondary N) is 1. The smallest absolute Gasteiger partial charge is 0.255 e. The van der Waals surface area contributed by atoms with E-state index in [1.807, 2.05) is 36.9 Å². The van der Waals surface area contributed by atoms with Crippen LogP contribution in [0.1, 0.15) is 41.7 Å². The Balaban J connectivity index is 1.49. The maximum Gasteiger partial charge on any atom is 0.255 e. The standard InChI is InChI=1S/C20H25N3OS/c1-13-18(19(24)21-12-17(14-8-9-14)15-10-11-15)20(23(2)22-13)25-16-6-4-3-5-7-16/h3-7,14-15,17H,8-12H2,1-2H3,(H,21,24). The van der Waals surface area contributed by atoms with Gasteiger partial charge in [-0.15, -0.1) is 0 Å². The van der Waals surface area contributed by atoms with Crippen molar-refractivity contribution in [2.24, 2.45) is 24.8 Å². The average molecular weight is 356 g/mol. The molecule has 2 fully saturated rings. The van der Waals surface area contributed by atoms with Crippen LogP contribution in [0, 0.1) is 24.7 Å². The van der Waals surface area contributed by atoms with Crippen LogP contribution >= 0.6 is 11.8 Å². The van der Waals surface area contributed by atoms with Gasteiger partial charge in [0.15, 0.2) is 0 Å². The number of amides is 1. The third kappa shape index (κ3) is 3.76. The van der Waals surface area contributed by atoms with E-state index >= 15 is 0 Å². The molecule has 0 atom stereocenters. The van der Waals surface area contributed by atoms with Crippen molar-refractivity contribution in [3.05, 3.63) is 41.6 Å². The second-order valence-corrected chi connectivity index (χ2v) is 8.42. The van der Waals surface area contributed by atoms with Crippen molar-refractivity contribution >= 4 is 17.7 Å². The Morgan fingerprint density at radius 2 is 1.88 bits per heavy atom. The van der Waals surface area contributed by atoms with Gasteiger partial charge in [0.2, 0.25) is 0 Å². The number of hydrogen-bond acceptors (Lipinski definition) is 3. The highest BCUT2D eigenvalue weighted by atomic mass is 32.2. The lowest BCUT2D eigenvalue weighted by Crippen LogP contribution is -2.31. The van der Waals surface area contributed by atoms with Gasteiger partial charge in [0.05, 0.1) is 11.3 Å². The van der Waals surface area contributed by atoms with E-state index in [1.54, 1.807) is 11.8 Å². The van der Waals surface area contributed by atoms with E-state index in [1.165, 1.54) is 25.7 Å². The SMILES string of the molecule is Cc1nn(C)c(Sc2ccccc2)c1C(=O)NCC(C1CC1)C1CC1. The molecule has 0 bridgehead atoms. The molecule has 0 unspecified atom stereocenters. The van der Waals surface area contributed by atoms with Crippen molar-refractivity contribution in [1.29, 1.82) is 0 Å². The van der Waals surface area contributed by atoms with Crippen LogP contribution in [0.4, 0.5) is 0 Å². The minimum absolute atomic E-state index is 0.0235. The van der Waals surface area contributed by atoms with E-state index in [0.29, 0.717) is 5.92 Å². The molecule has 1 heterocycles. The summed E-state index contributed by atoms with van der Waals surface area (Å²) in [6, 6.07) is 10.2. The topological polar surface area (TPSA) is 46.9 Å². The first-order chi connectivity index (χ1) is 12.1. The first kappa shape index (κ1) is 16.7.